The molecule has 4 amide bonds. The smallest absolute Gasteiger partial charge is 0.327 e. The zero-order chi connectivity index (χ0) is 14.6. The highest BCUT2D eigenvalue weighted by atomic mass is 16.3. The lowest BCUT2D eigenvalue weighted by Gasteiger charge is -2.20. The van der Waals surface area contributed by atoms with E-state index < -0.39 is 11.9 Å². The van der Waals surface area contributed by atoms with Gasteiger partial charge in [-0.25, -0.2) is 4.79 Å². The van der Waals surface area contributed by atoms with Gasteiger partial charge in [0.05, 0.1) is 12.6 Å². The predicted octanol–water partition coefficient (Wildman–Crippen LogP) is -0.596. The number of nitrogens with zero attached hydrogens (tertiary/aromatic N) is 2. The highest BCUT2D eigenvalue weighted by Crippen LogP contribution is 2.08. The van der Waals surface area contributed by atoms with Crippen molar-refractivity contribution in [3.8, 4) is 0 Å². The molecule has 0 bridgehead atoms. The monoisotopic (exact) mass is 271 g/mol. The van der Waals surface area contributed by atoms with Gasteiger partial charge < -0.3 is 15.3 Å². The molecule has 1 atom stereocenters. The van der Waals surface area contributed by atoms with Crippen molar-refractivity contribution < 1.29 is 19.5 Å². The topological polar surface area (TPSA) is 89.9 Å². The van der Waals surface area contributed by atoms with Crippen molar-refractivity contribution >= 4 is 17.8 Å². The van der Waals surface area contributed by atoms with E-state index in [1.54, 1.807) is 0 Å². The van der Waals surface area contributed by atoms with E-state index in [0.717, 1.165) is 4.90 Å². The second-order valence-corrected chi connectivity index (χ2v) is 5.20. The maximum atomic E-state index is 11.8. The normalized spacial score (nSPS) is 17.3. The number of hydrogen-bond donors (Lipinski definition) is 2. The number of imide groups is 1. The molecule has 1 rings (SSSR count). The molecule has 1 fully saturated rings. The fraction of sp³-hybridized carbons (Fsp3) is 0.750. The van der Waals surface area contributed by atoms with Gasteiger partial charge >= 0.3 is 6.03 Å². The Hall–Kier alpha value is -1.63. The van der Waals surface area contributed by atoms with Crippen LogP contribution < -0.4 is 5.32 Å². The average molecular weight is 271 g/mol. The molecular formula is C12H21N3O4. The van der Waals surface area contributed by atoms with Gasteiger partial charge in [0.25, 0.3) is 5.91 Å². The van der Waals surface area contributed by atoms with Crippen molar-refractivity contribution in [1.82, 2.24) is 15.1 Å². The third-order valence-corrected chi connectivity index (χ3v) is 2.87. The van der Waals surface area contributed by atoms with Gasteiger partial charge in [-0.1, -0.05) is 13.8 Å². The molecule has 0 spiro atoms. The number of urea groups is 1. The summed E-state index contributed by atoms with van der Waals surface area (Å²) in [5.74, 6) is -0.484. The summed E-state index contributed by atoms with van der Waals surface area (Å²) in [5, 5.41) is 11.8. The van der Waals surface area contributed by atoms with Crippen LogP contribution in [0.15, 0.2) is 0 Å². The second kappa shape index (κ2) is 6.51. The molecule has 1 saturated heterocycles. The van der Waals surface area contributed by atoms with Crippen LogP contribution in [-0.2, 0) is 9.59 Å². The molecule has 7 nitrogen and oxygen atoms in total. The zero-order valence-electron chi connectivity index (χ0n) is 11.5. The van der Waals surface area contributed by atoms with E-state index in [4.69, 9.17) is 5.11 Å². The van der Waals surface area contributed by atoms with Gasteiger partial charge in [0, 0.05) is 7.05 Å². The molecule has 1 aliphatic heterocycles. The number of aliphatic hydroxyl groups is 1. The highest BCUT2D eigenvalue weighted by molar-refractivity contribution is 6.04. The van der Waals surface area contributed by atoms with E-state index in [1.807, 2.05) is 13.8 Å². The Morgan fingerprint density at radius 2 is 2.05 bits per heavy atom. The first kappa shape index (κ1) is 15.4. The van der Waals surface area contributed by atoms with Crippen LogP contribution >= 0.6 is 0 Å². The zero-order valence-corrected chi connectivity index (χ0v) is 11.5. The number of carbonyl (C=O) groups excluding carboxylic acids is 3. The molecule has 0 radical (unpaired) electrons. The number of likely N-dealkylation sites (N-methyl/N-ethyl adjacent to an activating group) is 1. The maximum absolute atomic E-state index is 11.8. The number of rotatable bonds is 6. The van der Waals surface area contributed by atoms with Crippen LogP contribution in [0.4, 0.5) is 4.79 Å². The minimum Gasteiger partial charge on any atom is -0.394 e. The van der Waals surface area contributed by atoms with E-state index in [2.05, 4.69) is 5.32 Å². The molecule has 2 N–H and O–H groups in total. The molecule has 19 heavy (non-hydrogen) atoms. The standard InChI is InChI=1S/C12H21N3O4/c1-8(2)4-9(7-16)13-10(17)5-15-11(18)6-14(3)12(15)19/h8-9,16H,4-7H2,1-3H3,(H,13,17). The van der Waals surface area contributed by atoms with Crippen LogP contribution in [0.2, 0.25) is 0 Å². The van der Waals surface area contributed by atoms with Gasteiger partial charge in [-0.3, -0.25) is 14.5 Å². The van der Waals surface area contributed by atoms with Gasteiger partial charge in [-0.15, -0.1) is 0 Å². The SMILES string of the molecule is CC(C)CC(CO)NC(=O)CN1C(=O)CN(C)C1=O. The summed E-state index contributed by atoms with van der Waals surface area (Å²) < 4.78 is 0. The lowest BCUT2D eigenvalue weighted by atomic mass is 10.0. The Balaban J connectivity index is 2.51. The largest absolute Gasteiger partial charge is 0.394 e. The number of amides is 4. The molecule has 0 aromatic rings. The summed E-state index contributed by atoms with van der Waals surface area (Å²) in [6.07, 6.45) is 0.643. The number of aliphatic hydroxyl groups excluding tert-OH is 1. The molecule has 0 aliphatic carbocycles. The first-order valence-corrected chi connectivity index (χ1v) is 6.30. The van der Waals surface area contributed by atoms with E-state index in [9.17, 15) is 14.4 Å². The van der Waals surface area contributed by atoms with Gasteiger partial charge in [0.1, 0.15) is 13.1 Å². The van der Waals surface area contributed by atoms with E-state index in [0.29, 0.717) is 12.3 Å². The first-order valence-electron chi connectivity index (χ1n) is 6.30. The molecule has 1 heterocycles. The molecule has 0 aromatic carbocycles. The summed E-state index contributed by atoms with van der Waals surface area (Å²) in [4.78, 5) is 37.0. The van der Waals surface area contributed by atoms with Crippen molar-refractivity contribution in [2.24, 2.45) is 5.92 Å². The Morgan fingerprint density at radius 3 is 2.47 bits per heavy atom. The Morgan fingerprint density at radius 1 is 1.42 bits per heavy atom. The van der Waals surface area contributed by atoms with Gasteiger partial charge in [0.15, 0.2) is 0 Å². The van der Waals surface area contributed by atoms with Crippen LogP contribution in [0.3, 0.4) is 0 Å². The number of hydrogen-bond acceptors (Lipinski definition) is 4. The van der Waals surface area contributed by atoms with Crippen LogP contribution in [0.1, 0.15) is 20.3 Å². The molecule has 108 valence electrons. The minimum absolute atomic E-state index is 0.00152. The van der Waals surface area contributed by atoms with Gasteiger partial charge in [-0.2, -0.15) is 0 Å². The molecule has 7 heteroatoms. The number of nitrogens with one attached hydrogen (secondary N) is 1. The fourth-order valence-corrected chi connectivity index (χ4v) is 1.99. The summed E-state index contributed by atoms with van der Waals surface area (Å²) in [6, 6.07) is -0.817. The highest BCUT2D eigenvalue weighted by Gasteiger charge is 2.34. The lowest BCUT2D eigenvalue weighted by Crippen LogP contribution is -2.46. The third-order valence-electron chi connectivity index (χ3n) is 2.87. The maximum Gasteiger partial charge on any atom is 0.327 e. The van der Waals surface area contributed by atoms with E-state index in [-0.39, 0.29) is 31.6 Å². The van der Waals surface area contributed by atoms with Gasteiger partial charge in [-0.05, 0) is 12.3 Å². The molecular weight excluding hydrogens is 250 g/mol. The third kappa shape index (κ3) is 4.20. The van der Waals surface area contributed by atoms with Crippen molar-refractivity contribution in [3.63, 3.8) is 0 Å². The Kier molecular flexibility index (Phi) is 5.29. The van der Waals surface area contributed by atoms with E-state index >= 15 is 0 Å². The van der Waals surface area contributed by atoms with Crippen LogP contribution in [0, 0.1) is 5.92 Å². The number of carbonyl (C=O) groups is 3. The van der Waals surface area contributed by atoms with Gasteiger partial charge in [0.2, 0.25) is 5.91 Å². The molecule has 1 unspecified atom stereocenters. The molecule has 1 aliphatic rings. The molecule has 0 saturated carbocycles. The summed E-state index contributed by atoms with van der Waals surface area (Å²) in [5.41, 5.74) is 0. The minimum atomic E-state index is -0.468. The van der Waals surface area contributed by atoms with Crippen LogP contribution in [0.25, 0.3) is 0 Å². The van der Waals surface area contributed by atoms with Crippen LogP contribution in [0.5, 0.6) is 0 Å². The summed E-state index contributed by atoms with van der Waals surface area (Å²) in [6.45, 7) is 3.51. The van der Waals surface area contributed by atoms with Crippen molar-refractivity contribution in [2.45, 2.75) is 26.3 Å². The second-order valence-electron chi connectivity index (χ2n) is 5.20. The van der Waals surface area contributed by atoms with Crippen molar-refractivity contribution in [1.29, 1.82) is 0 Å². The quantitative estimate of drug-likeness (QED) is 0.631. The van der Waals surface area contributed by atoms with Crippen molar-refractivity contribution in [3.05, 3.63) is 0 Å². The Bertz CT molecular complexity index is 370. The summed E-state index contributed by atoms with van der Waals surface area (Å²) >= 11 is 0. The molecule has 0 aromatic heterocycles. The predicted molar refractivity (Wildman–Crippen MR) is 68.2 cm³/mol. The lowest BCUT2D eigenvalue weighted by molar-refractivity contribution is -0.131. The van der Waals surface area contributed by atoms with E-state index in [1.165, 1.54) is 11.9 Å². The summed E-state index contributed by atoms with van der Waals surface area (Å²) in [7, 11) is 1.51. The average Bonchev–Trinajstić information content (AvgIpc) is 2.54. The fourth-order valence-electron chi connectivity index (χ4n) is 1.99. The first-order chi connectivity index (χ1) is 8.85. The van der Waals surface area contributed by atoms with Crippen LogP contribution in [-0.4, -0.2) is 65.5 Å². The Labute approximate surface area is 112 Å². The van der Waals surface area contributed by atoms with Crippen molar-refractivity contribution in [2.75, 3.05) is 26.7 Å².